The van der Waals surface area contributed by atoms with Crippen LogP contribution in [0.2, 0.25) is 5.02 Å². The summed E-state index contributed by atoms with van der Waals surface area (Å²) < 4.78 is 7.24. The molecule has 30 heavy (non-hydrogen) atoms. The summed E-state index contributed by atoms with van der Waals surface area (Å²) in [7, 11) is 0. The minimum atomic E-state index is -0.310. The van der Waals surface area contributed by atoms with E-state index >= 15 is 0 Å². The first-order valence-corrected chi connectivity index (χ1v) is 9.77. The average molecular weight is 426 g/mol. The highest BCUT2D eigenvalue weighted by atomic mass is 35.5. The molecule has 8 nitrogen and oxygen atoms in total. The lowest BCUT2D eigenvalue weighted by Crippen LogP contribution is -2.29. The summed E-state index contributed by atoms with van der Waals surface area (Å²) in [5, 5.41) is 10.0. The van der Waals surface area contributed by atoms with Gasteiger partial charge in [-0.25, -0.2) is 4.68 Å². The Balaban J connectivity index is 1.43. The van der Waals surface area contributed by atoms with Crippen LogP contribution in [0.3, 0.4) is 0 Å². The number of nitrogens with zero attached hydrogens (tertiary/aromatic N) is 3. The fourth-order valence-electron chi connectivity index (χ4n) is 3.39. The number of benzene rings is 2. The van der Waals surface area contributed by atoms with Crippen molar-refractivity contribution in [1.82, 2.24) is 14.8 Å². The number of ether oxygens (including phenoxy) is 1. The van der Waals surface area contributed by atoms with Crippen molar-refractivity contribution in [3.8, 4) is 5.75 Å². The summed E-state index contributed by atoms with van der Waals surface area (Å²) in [5.74, 6) is 0.365. The van der Waals surface area contributed by atoms with Gasteiger partial charge in [0.25, 0.3) is 5.91 Å². The SMILES string of the molecule is Cc1ccc(NC(=O)COc2ccc(C3CC(=O)Nc4ncnn43)cc2Cl)c(C)c1. The molecule has 2 N–H and O–H groups in total. The Morgan fingerprint density at radius 3 is 2.90 bits per heavy atom. The Morgan fingerprint density at radius 2 is 2.13 bits per heavy atom. The standard InChI is InChI=1S/C21H20ClN5O3/c1-12-3-5-16(13(2)7-12)25-20(29)10-30-18-6-4-14(8-15(18)22)17-9-19(28)26-21-23-11-24-27(17)21/h3-8,11,17H,9-10H2,1-2H3,(H,25,29)(H,23,24,26,28). The van der Waals surface area contributed by atoms with E-state index in [-0.39, 0.29) is 30.9 Å². The molecule has 4 rings (SSSR count). The topological polar surface area (TPSA) is 98.1 Å². The predicted molar refractivity (Wildman–Crippen MR) is 113 cm³/mol. The van der Waals surface area contributed by atoms with Crippen molar-refractivity contribution in [2.24, 2.45) is 0 Å². The van der Waals surface area contributed by atoms with Crippen LogP contribution in [-0.4, -0.2) is 33.2 Å². The fraction of sp³-hybridized carbons (Fsp3) is 0.238. The number of carbonyl (C=O) groups is 2. The first-order valence-electron chi connectivity index (χ1n) is 9.39. The third kappa shape index (κ3) is 4.13. The second-order valence-electron chi connectivity index (χ2n) is 7.14. The van der Waals surface area contributed by atoms with Crippen LogP contribution < -0.4 is 15.4 Å². The molecule has 1 aliphatic heterocycles. The summed E-state index contributed by atoms with van der Waals surface area (Å²) in [6, 6.07) is 10.7. The maximum absolute atomic E-state index is 12.3. The van der Waals surface area contributed by atoms with Gasteiger partial charge >= 0.3 is 0 Å². The average Bonchev–Trinajstić information content (AvgIpc) is 3.17. The number of hydrogen-bond acceptors (Lipinski definition) is 5. The van der Waals surface area contributed by atoms with Gasteiger partial charge in [-0.2, -0.15) is 10.1 Å². The molecule has 0 fully saturated rings. The minimum absolute atomic E-state index is 0.139. The molecule has 0 saturated carbocycles. The number of rotatable bonds is 5. The van der Waals surface area contributed by atoms with Crippen molar-refractivity contribution < 1.29 is 14.3 Å². The van der Waals surface area contributed by atoms with Gasteiger partial charge in [-0.3, -0.25) is 14.9 Å². The molecule has 0 spiro atoms. The van der Waals surface area contributed by atoms with E-state index in [9.17, 15) is 9.59 Å². The highest BCUT2D eigenvalue weighted by Crippen LogP contribution is 2.33. The molecule has 1 unspecified atom stereocenters. The maximum atomic E-state index is 12.3. The molecule has 0 bridgehead atoms. The zero-order valence-electron chi connectivity index (χ0n) is 16.5. The lowest BCUT2D eigenvalue weighted by atomic mass is 10.0. The number of fused-ring (bicyclic) bond motifs is 1. The summed E-state index contributed by atoms with van der Waals surface area (Å²) in [5.41, 5.74) is 3.65. The van der Waals surface area contributed by atoms with Crippen molar-refractivity contribution >= 4 is 35.1 Å². The molecule has 3 aromatic rings. The van der Waals surface area contributed by atoms with Gasteiger partial charge in [0, 0.05) is 5.69 Å². The molecule has 2 aromatic carbocycles. The fourth-order valence-corrected chi connectivity index (χ4v) is 3.63. The van der Waals surface area contributed by atoms with Gasteiger partial charge in [0.05, 0.1) is 17.5 Å². The number of anilines is 2. The molecular weight excluding hydrogens is 406 g/mol. The number of aryl methyl sites for hydroxylation is 2. The summed E-state index contributed by atoms with van der Waals surface area (Å²) in [6.45, 7) is 3.76. The molecule has 154 valence electrons. The maximum Gasteiger partial charge on any atom is 0.262 e. The van der Waals surface area contributed by atoms with E-state index in [0.717, 1.165) is 22.4 Å². The Morgan fingerprint density at radius 1 is 1.30 bits per heavy atom. The molecule has 2 heterocycles. The van der Waals surface area contributed by atoms with Crippen molar-refractivity contribution in [2.45, 2.75) is 26.3 Å². The molecule has 2 amide bonds. The third-order valence-electron chi connectivity index (χ3n) is 4.85. The van der Waals surface area contributed by atoms with Crippen LogP contribution in [0.5, 0.6) is 5.75 Å². The summed E-state index contributed by atoms with van der Waals surface area (Å²) in [6.07, 6.45) is 1.62. The van der Waals surface area contributed by atoms with E-state index in [1.807, 2.05) is 32.0 Å². The molecule has 0 aliphatic carbocycles. The second-order valence-corrected chi connectivity index (χ2v) is 7.55. The van der Waals surface area contributed by atoms with Crippen molar-refractivity contribution in [3.63, 3.8) is 0 Å². The van der Waals surface area contributed by atoms with Crippen LogP contribution >= 0.6 is 11.6 Å². The van der Waals surface area contributed by atoms with E-state index in [0.29, 0.717) is 16.7 Å². The monoisotopic (exact) mass is 425 g/mol. The van der Waals surface area contributed by atoms with Gasteiger partial charge in [-0.05, 0) is 43.2 Å². The predicted octanol–water partition coefficient (Wildman–Crippen LogP) is 3.50. The van der Waals surface area contributed by atoms with Crippen molar-refractivity contribution in [1.29, 1.82) is 0 Å². The molecule has 0 saturated heterocycles. The van der Waals surface area contributed by atoms with E-state index in [1.54, 1.807) is 22.9 Å². The molecular formula is C21H20ClN5O3. The van der Waals surface area contributed by atoms with Gasteiger partial charge < -0.3 is 10.1 Å². The first-order chi connectivity index (χ1) is 14.4. The molecule has 1 atom stereocenters. The van der Waals surface area contributed by atoms with Crippen LogP contribution in [-0.2, 0) is 9.59 Å². The normalized spacial score (nSPS) is 15.3. The summed E-state index contributed by atoms with van der Waals surface area (Å²) >= 11 is 6.37. The largest absolute Gasteiger partial charge is 0.482 e. The number of hydrogen-bond donors (Lipinski definition) is 2. The Bertz CT molecular complexity index is 1130. The zero-order valence-corrected chi connectivity index (χ0v) is 17.2. The third-order valence-corrected chi connectivity index (χ3v) is 5.15. The summed E-state index contributed by atoms with van der Waals surface area (Å²) in [4.78, 5) is 28.2. The second kappa shape index (κ2) is 8.16. The van der Waals surface area contributed by atoms with Crippen LogP contribution in [0.1, 0.15) is 29.2 Å². The van der Waals surface area contributed by atoms with Gasteiger partial charge in [0.15, 0.2) is 6.61 Å². The Hall–Kier alpha value is -3.39. The van der Waals surface area contributed by atoms with Crippen LogP contribution in [0, 0.1) is 13.8 Å². The van der Waals surface area contributed by atoms with Gasteiger partial charge in [0.2, 0.25) is 11.9 Å². The van der Waals surface area contributed by atoms with Gasteiger partial charge in [-0.15, -0.1) is 0 Å². The zero-order chi connectivity index (χ0) is 21.3. The molecule has 9 heteroatoms. The van der Waals surface area contributed by atoms with Crippen LogP contribution in [0.25, 0.3) is 0 Å². The Labute approximate surface area is 178 Å². The van der Waals surface area contributed by atoms with Crippen molar-refractivity contribution in [2.75, 3.05) is 17.2 Å². The number of aromatic nitrogens is 3. The highest BCUT2D eigenvalue weighted by molar-refractivity contribution is 6.32. The Kier molecular flexibility index (Phi) is 5.41. The lowest BCUT2D eigenvalue weighted by molar-refractivity contribution is -0.118. The quantitative estimate of drug-likeness (QED) is 0.652. The number of amides is 2. The van der Waals surface area contributed by atoms with E-state index in [2.05, 4.69) is 20.7 Å². The first kappa shape index (κ1) is 19.9. The van der Waals surface area contributed by atoms with E-state index < -0.39 is 0 Å². The molecule has 1 aliphatic rings. The molecule has 1 aromatic heterocycles. The van der Waals surface area contributed by atoms with Crippen LogP contribution in [0.4, 0.5) is 11.6 Å². The van der Waals surface area contributed by atoms with Crippen molar-refractivity contribution in [3.05, 3.63) is 64.4 Å². The number of carbonyl (C=O) groups excluding carboxylic acids is 2. The van der Waals surface area contributed by atoms with E-state index in [4.69, 9.17) is 16.3 Å². The molecule has 0 radical (unpaired) electrons. The highest BCUT2D eigenvalue weighted by Gasteiger charge is 2.28. The van der Waals surface area contributed by atoms with Crippen LogP contribution in [0.15, 0.2) is 42.7 Å². The lowest BCUT2D eigenvalue weighted by Gasteiger charge is -2.24. The van der Waals surface area contributed by atoms with E-state index in [1.165, 1.54) is 6.33 Å². The smallest absolute Gasteiger partial charge is 0.262 e. The van der Waals surface area contributed by atoms with Gasteiger partial charge in [-0.1, -0.05) is 35.4 Å². The van der Waals surface area contributed by atoms with Gasteiger partial charge in [0.1, 0.15) is 12.1 Å². The number of halogens is 1. The number of nitrogens with one attached hydrogen (secondary N) is 2. The minimum Gasteiger partial charge on any atom is -0.482 e.